The van der Waals surface area contributed by atoms with Gasteiger partial charge in [0, 0.05) is 18.4 Å². The fourth-order valence-corrected chi connectivity index (χ4v) is 3.22. The maximum absolute atomic E-state index is 12.1. The monoisotopic (exact) mass is 293 g/mol. The summed E-state index contributed by atoms with van der Waals surface area (Å²) in [5.41, 5.74) is 2.76. The van der Waals surface area contributed by atoms with Crippen LogP contribution in [0.3, 0.4) is 0 Å². The van der Waals surface area contributed by atoms with E-state index in [2.05, 4.69) is 41.7 Å². The molecular weight excluding hydrogens is 270 g/mol. The second-order valence-corrected chi connectivity index (χ2v) is 6.26. The smallest absolute Gasteiger partial charge is 0.220 e. The molecule has 22 heavy (non-hydrogen) atoms. The maximum Gasteiger partial charge on any atom is 0.220 e. The summed E-state index contributed by atoms with van der Waals surface area (Å²) in [6.45, 7) is 0.768. The van der Waals surface area contributed by atoms with Crippen LogP contribution in [-0.4, -0.2) is 12.5 Å². The molecule has 2 heteroatoms. The Labute approximate surface area is 132 Å². The third-order valence-electron chi connectivity index (χ3n) is 4.80. The quantitative estimate of drug-likeness (QED) is 0.861. The van der Waals surface area contributed by atoms with Crippen LogP contribution < -0.4 is 5.32 Å². The van der Waals surface area contributed by atoms with E-state index in [1.807, 2.05) is 24.3 Å². The average molecular weight is 293 g/mol. The number of aryl methyl sites for hydroxylation is 1. The molecule has 0 spiro atoms. The second-order valence-electron chi connectivity index (χ2n) is 6.26. The van der Waals surface area contributed by atoms with Crippen LogP contribution in [0.2, 0.25) is 0 Å². The summed E-state index contributed by atoms with van der Waals surface area (Å²) >= 11 is 0. The minimum absolute atomic E-state index is 0.158. The lowest BCUT2D eigenvalue weighted by Gasteiger charge is -2.42. The fraction of sp³-hybridized carbons (Fsp3) is 0.350. The van der Waals surface area contributed by atoms with E-state index in [0.29, 0.717) is 6.42 Å². The fourth-order valence-electron chi connectivity index (χ4n) is 3.22. The Kier molecular flexibility index (Phi) is 4.57. The van der Waals surface area contributed by atoms with E-state index >= 15 is 0 Å². The van der Waals surface area contributed by atoms with Crippen LogP contribution in [0.5, 0.6) is 0 Å². The van der Waals surface area contributed by atoms with Crippen molar-refractivity contribution in [2.24, 2.45) is 0 Å². The van der Waals surface area contributed by atoms with Crippen molar-refractivity contribution >= 4 is 5.91 Å². The first kappa shape index (κ1) is 14.8. The topological polar surface area (TPSA) is 29.1 Å². The normalized spacial score (nSPS) is 15.8. The molecule has 0 unspecified atom stereocenters. The van der Waals surface area contributed by atoms with Crippen molar-refractivity contribution in [2.45, 2.75) is 37.5 Å². The highest BCUT2D eigenvalue weighted by molar-refractivity contribution is 5.76. The molecule has 114 valence electrons. The van der Waals surface area contributed by atoms with Crippen molar-refractivity contribution in [3.8, 4) is 0 Å². The van der Waals surface area contributed by atoms with Crippen LogP contribution in [-0.2, 0) is 16.6 Å². The Morgan fingerprint density at radius 2 is 1.59 bits per heavy atom. The van der Waals surface area contributed by atoms with Gasteiger partial charge in [-0.2, -0.15) is 0 Å². The van der Waals surface area contributed by atoms with Gasteiger partial charge in [-0.15, -0.1) is 0 Å². The van der Waals surface area contributed by atoms with Gasteiger partial charge in [0.25, 0.3) is 0 Å². The molecule has 1 amide bonds. The second kappa shape index (κ2) is 6.78. The molecule has 0 atom stereocenters. The number of amides is 1. The van der Waals surface area contributed by atoms with Crippen LogP contribution in [0.4, 0.5) is 0 Å². The van der Waals surface area contributed by atoms with Crippen LogP contribution in [0.15, 0.2) is 60.7 Å². The zero-order valence-corrected chi connectivity index (χ0v) is 12.9. The molecule has 0 saturated heterocycles. The van der Waals surface area contributed by atoms with Gasteiger partial charge >= 0.3 is 0 Å². The summed E-state index contributed by atoms with van der Waals surface area (Å²) in [5, 5.41) is 3.16. The van der Waals surface area contributed by atoms with E-state index in [0.717, 1.165) is 13.0 Å². The van der Waals surface area contributed by atoms with Crippen molar-refractivity contribution in [1.29, 1.82) is 0 Å². The average Bonchev–Trinajstić information content (AvgIpc) is 2.54. The van der Waals surface area contributed by atoms with E-state index in [1.54, 1.807) is 0 Å². The molecule has 0 heterocycles. The minimum Gasteiger partial charge on any atom is -0.355 e. The number of carbonyl (C=O) groups excluding carboxylic acids is 1. The summed E-state index contributed by atoms with van der Waals surface area (Å²) < 4.78 is 0. The first-order valence-corrected chi connectivity index (χ1v) is 8.15. The van der Waals surface area contributed by atoms with Gasteiger partial charge in [-0.1, -0.05) is 67.1 Å². The Bertz CT molecular complexity index is 602. The third kappa shape index (κ3) is 3.38. The Hall–Kier alpha value is -2.09. The number of hydrogen-bond acceptors (Lipinski definition) is 1. The van der Waals surface area contributed by atoms with E-state index in [-0.39, 0.29) is 11.3 Å². The third-order valence-corrected chi connectivity index (χ3v) is 4.80. The largest absolute Gasteiger partial charge is 0.355 e. The molecule has 1 saturated carbocycles. The summed E-state index contributed by atoms with van der Waals surface area (Å²) in [4.78, 5) is 12.1. The van der Waals surface area contributed by atoms with Crippen molar-refractivity contribution in [2.75, 3.05) is 6.54 Å². The lowest BCUT2D eigenvalue weighted by atomic mass is 9.64. The summed E-state index contributed by atoms with van der Waals surface area (Å²) in [5.74, 6) is 0.158. The highest BCUT2D eigenvalue weighted by Crippen LogP contribution is 2.43. The zero-order valence-electron chi connectivity index (χ0n) is 12.9. The number of nitrogens with one attached hydrogen (secondary N) is 1. The maximum atomic E-state index is 12.1. The van der Waals surface area contributed by atoms with Gasteiger partial charge in [0.1, 0.15) is 0 Å². The number of rotatable bonds is 6. The molecule has 1 aliphatic carbocycles. The number of hydrogen-bond donors (Lipinski definition) is 1. The molecule has 0 aliphatic heterocycles. The first-order chi connectivity index (χ1) is 10.8. The number of benzene rings is 2. The molecule has 0 bridgehead atoms. The standard InChI is InChI=1S/C20H23NO/c22-19(13-12-17-8-3-1-4-9-17)21-16-20(14-7-15-20)18-10-5-2-6-11-18/h1-6,8-11H,7,12-16H2,(H,21,22). The Morgan fingerprint density at radius 1 is 0.955 bits per heavy atom. The van der Waals surface area contributed by atoms with Gasteiger partial charge in [-0.3, -0.25) is 4.79 Å². The molecule has 1 N–H and O–H groups in total. The predicted molar refractivity (Wildman–Crippen MR) is 89.7 cm³/mol. The highest BCUT2D eigenvalue weighted by atomic mass is 16.1. The van der Waals surface area contributed by atoms with Crippen LogP contribution in [0.25, 0.3) is 0 Å². The zero-order chi connectivity index (χ0) is 15.3. The van der Waals surface area contributed by atoms with Crippen molar-refractivity contribution < 1.29 is 4.79 Å². The van der Waals surface area contributed by atoms with Crippen LogP contribution in [0, 0.1) is 0 Å². The molecule has 1 aliphatic rings. The van der Waals surface area contributed by atoms with E-state index in [1.165, 1.54) is 30.4 Å². The van der Waals surface area contributed by atoms with Gasteiger partial charge in [0.15, 0.2) is 0 Å². The van der Waals surface area contributed by atoms with Crippen molar-refractivity contribution in [3.63, 3.8) is 0 Å². The molecule has 3 rings (SSSR count). The van der Waals surface area contributed by atoms with Gasteiger partial charge in [0.2, 0.25) is 5.91 Å². The first-order valence-electron chi connectivity index (χ1n) is 8.15. The van der Waals surface area contributed by atoms with Crippen molar-refractivity contribution in [1.82, 2.24) is 5.32 Å². The molecule has 0 aromatic heterocycles. The highest BCUT2D eigenvalue weighted by Gasteiger charge is 2.38. The minimum atomic E-state index is 0.158. The SMILES string of the molecule is O=C(CCc1ccccc1)NCC1(c2ccccc2)CCC1. The Balaban J connectivity index is 1.52. The molecular formula is C20H23NO. The Morgan fingerprint density at radius 3 is 2.18 bits per heavy atom. The van der Waals surface area contributed by atoms with Crippen LogP contribution >= 0.6 is 0 Å². The molecule has 2 aromatic rings. The van der Waals surface area contributed by atoms with Gasteiger partial charge in [0.05, 0.1) is 0 Å². The van der Waals surface area contributed by atoms with E-state index in [4.69, 9.17) is 0 Å². The molecule has 2 aromatic carbocycles. The van der Waals surface area contributed by atoms with Crippen LogP contribution in [0.1, 0.15) is 36.8 Å². The van der Waals surface area contributed by atoms with Gasteiger partial charge < -0.3 is 5.32 Å². The lowest BCUT2D eigenvalue weighted by molar-refractivity contribution is -0.121. The summed E-state index contributed by atoms with van der Waals surface area (Å²) in [6, 6.07) is 20.8. The molecule has 1 fully saturated rings. The lowest BCUT2D eigenvalue weighted by Crippen LogP contribution is -2.45. The van der Waals surface area contributed by atoms with E-state index in [9.17, 15) is 4.79 Å². The predicted octanol–water partition coefficient (Wildman–Crippen LogP) is 3.86. The van der Waals surface area contributed by atoms with Gasteiger partial charge in [-0.05, 0) is 30.4 Å². The van der Waals surface area contributed by atoms with Crippen molar-refractivity contribution in [3.05, 3.63) is 71.8 Å². The number of carbonyl (C=O) groups is 1. The van der Waals surface area contributed by atoms with Gasteiger partial charge in [-0.25, -0.2) is 0 Å². The van der Waals surface area contributed by atoms with E-state index < -0.39 is 0 Å². The summed E-state index contributed by atoms with van der Waals surface area (Å²) in [7, 11) is 0. The molecule has 0 radical (unpaired) electrons. The summed E-state index contributed by atoms with van der Waals surface area (Å²) in [6.07, 6.45) is 4.99. The molecule has 2 nitrogen and oxygen atoms in total.